The largest absolute Gasteiger partial charge is 0.469 e. The molecule has 2 atom stereocenters. The number of rotatable bonds is 5. The van der Waals surface area contributed by atoms with Crippen LogP contribution in [0.1, 0.15) is 47.5 Å². The molecule has 1 fully saturated rings. The molecule has 0 radical (unpaired) electrons. The lowest BCUT2D eigenvalue weighted by Gasteiger charge is -2.39. The third kappa shape index (κ3) is 7.68. The van der Waals surface area contributed by atoms with Crippen molar-refractivity contribution < 1.29 is 19.1 Å². The molecule has 2 unspecified atom stereocenters. The number of likely N-dealkylation sites (tertiary alicyclic amines) is 1. The molecule has 1 saturated heterocycles. The first-order valence-corrected chi connectivity index (χ1v) is 8.39. The molecule has 23 heavy (non-hydrogen) atoms. The molecule has 1 aliphatic rings. The number of nitrogens with zero attached hydrogens (tertiary/aromatic N) is 1. The summed E-state index contributed by atoms with van der Waals surface area (Å²) in [5, 5.41) is 2.97. The summed E-state index contributed by atoms with van der Waals surface area (Å²) in [6, 6.07) is 0.0450. The number of hydrogen-bond donors (Lipinski definition) is 1. The van der Waals surface area contributed by atoms with Crippen molar-refractivity contribution in [2.75, 3.05) is 26.7 Å². The zero-order valence-electron chi connectivity index (χ0n) is 15.3. The number of methoxy groups -OCH3 is 1. The number of esters is 1. The molecule has 0 aliphatic carbocycles. The SMILES string of the molecule is COC(=O)CCN1CC(NC(=O)OC(C)(C)C)CC(C(C)C)C1. The number of carbonyl (C=O) groups is 2. The number of piperidine rings is 1. The highest BCUT2D eigenvalue weighted by molar-refractivity contribution is 5.69. The van der Waals surface area contributed by atoms with Gasteiger partial charge in [0.2, 0.25) is 0 Å². The van der Waals surface area contributed by atoms with Crippen LogP contribution in [0.4, 0.5) is 4.79 Å². The van der Waals surface area contributed by atoms with Crippen molar-refractivity contribution in [3.8, 4) is 0 Å². The van der Waals surface area contributed by atoms with Crippen molar-refractivity contribution in [1.29, 1.82) is 0 Å². The van der Waals surface area contributed by atoms with Gasteiger partial charge < -0.3 is 19.7 Å². The van der Waals surface area contributed by atoms with Crippen LogP contribution in [-0.4, -0.2) is 55.3 Å². The summed E-state index contributed by atoms with van der Waals surface area (Å²) >= 11 is 0. The number of nitrogens with one attached hydrogen (secondary N) is 1. The van der Waals surface area contributed by atoms with Gasteiger partial charge in [-0.15, -0.1) is 0 Å². The van der Waals surface area contributed by atoms with E-state index in [9.17, 15) is 9.59 Å². The molecule has 1 aliphatic heterocycles. The van der Waals surface area contributed by atoms with Crippen molar-refractivity contribution >= 4 is 12.1 Å². The van der Waals surface area contributed by atoms with Gasteiger partial charge in [-0.2, -0.15) is 0 Å². The van der Waals surface area contributed by atoms with E-state index in [2.05, 4.69) is 24.1 Å². The standard InChI is InChI=1S/C17H32N2O4/c1-12(2)13-9-14(18-16(21)23-17(3,4)5)11-19(10-13)8-7-15(20)22-6/h12-14H,7-11H2,1-6H3,(H,18,21). The lowest BCUT2D eigenvalue weighted by Crippen LogP contribution is -2.52. The van der Waals surface area contributed by atoms with Gasteiger partial charge in [0.15, 0.2) is 0 Å². The van der Waals surface area contributed by atoms with Crippen molar-refractivity contribution in [1.82, 2.24) is 10.2 Å². The molecule has 6 nitrogen and oxygen atoms in total. The summed E-state index contributed by atoms with van der Waals surface area (Å²) in [5.74, 6) is 0.813. The van der Waals surface area contributed by atoms with Crippen LogP contribution in [0, 0.1) is 11.8 Å². The summed E-state index contributed by atoms with van der Waals surface area (Å²) in [6.07, 6.45) is 0.936. The Balaban J connectivity index is 2.60. The molecule has 0 aromatic heterocycles. The summed E-state index contributed by atoms with van der Waals surface area (Å²) < 4.78 is 10.1. The van der Waals surface area contributed by atoms with E-state index in [1.165, 1.54) is 7.11 Å². The highest BCUT2D eigenvalue weighted by Crippen LogP contribution is 2.24. The zero-order chi connectivity index (χ0) is 17.6. The van der Waals surface area contributed by atoms with Crippen LogP contribution in [0.3, 0.4) is 0 Å². The smallest absolute Gasteiger partial charge is 0.407 e. The monoisotopic (exact) mass is 328 g/mol. The Morgan fingerprint density at radius 3 is 2.43 bits per heavy atom. The van der Waals surface area contributed by atoms with Gasteiger partial charge in [-0.05, 0) is 39.0 Å². The van der Waals surface area contributed by atoms with Gasteiger partial charge in [-0.25, -0.2) is 4.79 Å². The van der Waals surface area contributed by atoms with Gasteiger partial charge in [-0.3, -0.25) is 4.79 Å². The Hall–Kier alpha value is -1.30. The molecule has 0 aromatic carbocycles. The van der Waals surface area contributed by atoms with Crippen LogP contribution in [-0.2, 0) is 14.3 Å². The van der Waals surface area contributed by atoms with Crippen molar-refractivity contribution in [3.05, 3.63) is 0 Å². The number of carbonyl (C=O) groups excluding carboxylic acids is 2. The van der Waals surface area contributed by atoms with E-state index in [1.54, 1.807) is 0 Å². The summed E-state index contributed by atoms with van der Waals surface area (Å²) in [7, 11) is 1.41. The van der Waals surface area contributed by atoms with Crippen LogP contribution in [0.15, 0.2) is 0 Å². The third-order valence-corrected chi connectivity index (χ3v) is 4.08. The lowest BCUT2D eigenvalue weighted by atomic mass is 9.85. The Kier molecular flexibility index (Phi) is 7.32. The zero-order valence-corrected chi connectivity index (χ0v) is 15.3. The molecule has 0 spiro atoms. The fourth-order valence-electron chi connectivity index (χ4n) is 2.83. The molecule has 0 saturated carbocycles. The first-order valence-electron chi connectivity index (χ1n) is 8.39. The first-order chi connectivity index (χ1) is 10.6. The summed E-state index contributed by atoms with van der Waals surface area (Å²) in [4.78, 5) is 25.6. The van der Waals surface area contributed by atoms with Crippen LogP contribution < -0.4 is 5.32 Å². The van der Waals surface area contributed by atoms with E-state index in [0.717, 1.165) is 19.5 Å². The minimum atomic E-state index is -0.499. The maximum absolute atomic E-state index is 12.0. The van der Waals surface area contributed by atoms with Crippen LogP contribution in [0.25, 0.3) is 0 Å². The van der Waals surface area contributed by atoms with Crippen LogP contribution >= 0.6 is 0 Å². The molecule has 1 N–H and O–H groups in total. The van der Waals surface area contributed by atoms with E-state index in [-0.39, 0.29) is 18.1 Å². The summed E-state index contributed by atoms with van der Waals surface area (Å²) in [5.41, 5.74) is -0.499. The highest BCUT2D eigenvalue weighted by Gasteiger charge is 2.31. The normalized spacial score (nSPS) is 22.7. The lowest BCUT2D eigenvalue weighted by molar-refractivity contribution is -0.141. The Bertz CT molecular complexity index is 404. The van der Waals surface area contributed by atoms with Crippen molar-refractivity contribution in [2.45, 2.75) is 59.1 Å². The minimum absolute atomic E-state index is 0.0450. The average molecular weight is 328 g/mol. The predicted octanol–water partition coefficient (Wildman–Crippen LogP) is 2.42. The molecule has 1 rings (SSSR count). The number of amides is 1. The average Bonchev–Trinajstić information content (AvgIpc) is 2.42. The molecule has 1 heterocycles. The Labute approximate surface area is 139 Å². The molecular formula is C17H32N2O4. The molecule has 0 aromatic rings. The van der Waals surface area contributed by atoms with Crippen LogP contribution in [0.5, 0.6) is 0 Å². The molecule has 134 valence electrons. The maximum Gasteiger partial charge on any atom is 0.407 e. The Morgan fingerprint density at radius 2 is 1.91 bits per heavy atom. The third-order valence-electron chi connectivity index (χ3n) is 4.08. The van der Waals surface area contributed by atoms with E-state index in [4.69, 9.17) is 9.47 Å². The maximum atomic E-state index is 12.0. The molecule has 0 bridgehead atoms. The quantitative estimate of drug-likeness (QED) is 0.785. The van der Waals surface area contributed by atoms with Gasteiger partial charge >= 0.3 is 12.1 Å². The number of ether oxygens (including phenoxy) is 2. The fourth-order valence-corrected chi connectivity index (χ4v) is 2.83. The minimum Gasteiger partial charge on any atom is -0.469 e. The predicted molar refractivity (Wildman–Crippen MR) is 89.2 cm³/mol. The fraction of sp³-hybridized carbons (Fsp3) is 0.882. The second-order valence-electron chi connectivity index (χ2n) is 7.67. The number of hydrogen-bond acceptors (Lipinski definition) is 5. The van der Waals surface area contributed by atoms with Crippen molar-refractivity contribution in [3.63, 3.8) is 0 Å². The van der Waals surface area contributed by atoms with Gasteiger partial charge in [0.25, 0.3) is 0 Å². The highest BCUT2D eigenvalue weighted by atomic mass is 16.6. The van der Waals surface area contributed by atoms with Gasteiger partial charge in [0.05, 0.1) is 13.5 Å². The Morgan fingerprint density at radius 1 is 1.26 bits per heavy atom. The molecular weight excluding hydrogens is 296 g/mol. The second-order valence-corrected chi connectivity index (χ2v) is 7.67. The van der Waals surface area contributed by atoms with Crippen LogP contribution in [0.2, 0.25) is 0 Å². The first kappa shape index (κ1) is 19.7. The van der Waals surface area contributed by atoms with E-state index in [0.29, 0.717) is 24.8 Å². The number of alkyl carbamates (subject to hydrolysis) is 1. The van der Waals surface area contributed by atoms with E-state index >= 15 is 0 Å². The van der Waals surface area contributed by atoms with Gasteiger partial charge in [0.1, 0.15) is 5.60 Å². The van der Waals surface area contributed by atoms with E-state index < -0.39 is 5.60 Å². The molecule has 1 amide bonds. The topological polar surface area (TPSA) is 67.9 Å². The molecule has 6 heteroatoms. The van der Waals surface area contributed by atoms with Crippen molar-refractivity contribution in [2.24, 2.45) is 11.8 Å². The van der Waals surface area contributed by atoms with Gasteiger partial charge in [-0.1, -0.05) is 13.8 Å². The van der Waals surface area contributed by atoms with E-state index in [1.807, 2.05) is 20.8 Å². The summed E-state index contributed by atoms with van der Waals surface area (Å²) in [6.45, 7) is 12.3. The second kappa shape index (κ2) is 8.52. The van der Waals surface area contributed by atoms with Gasteiger partial charge in [0, 0.05) is 25.7 Å².